The average Bonchev–Trinajstić information content (AvgIpc) is 2.77. The van der Waals surface area contributed by atoms with E-state index < -0.39 is 0 Å². The van der Waals surface area contributed by atoms with E-state index in [0.29, 0.717) is 23.4 Å². The first-order valence-corrected chi connectivity index (χ1v) is 9.78. The number of halogens is 1. The zero-order valence-electron chi connectivity index (χ0n) is 14.8. The normalized spacial score (nSPS) is 33.9. The van der Waals surface area contributed by atoms with Gasteiger partial charge in [-0.15, -0.1) is 0 Å². The minimum absolute atomic E-state index is 0.148. The third-order valence-corrected chi connectivity index (χ3v) is 7.22. The maximum absolute atomic E-state index is 12.3. The molecule has 0 aliphatic heterocycles. The fraction of sp³-hybridized carbons (Fsp3) is 0.789. The van der Waals surface area contributed by atoms with E-state index in [1.165, 1.54) is 38.5 Å². The van der Waals surface area contributed by atoms with Crippen LogP contribution in [-0.4, -0.2) is 22.2 Å². The molecule has 1 heterocycles. The average molecular weight is 350 g/mol. The lowest BCUT2D eigenvalue weighted by Crippen LogP contribution is -2.51. The second-order valence-electron chi connectivity index (χ2n) is 8.65. The Balaban J connectivity index is 1.30. The van der Waals surface area contributed by atoms with Crippen LogP contribution in [0.15, 0.2) is 0 Å². The first-order valence-electron chi connectivity index (χ1n) is 9.40. The number of nitrogens with one attached hydrogen (secondary N) is 1. The van der Waals surface area contributed by atoms with Gasteiger partial charge in [-0.1, -0.05) is 11.6 Å². The third kappa shape index (κ3) is 2.98. The highest BCUT2D eigenvalue weighted by Gasteiger charge is 2.50. The number of nitrogens with zero attached hydrogens (tertiary/aromatic N) is 2. The minimum Gasteiger partial charge on any atom is -0.355 e. The van der Waals surface area contributed by atoms with Gasteiger partial charge in [0.05, 0.1) is 23.0 Å². The summed E-state index contributed by atoms with van der Waals surface area (Å²) < 4.78 is 1.85. The summed E-state index contributed by atoms with van der Waals surface area (Å²) in [6.07, 6.45) is 8.85. The predicted molar refractivity (Wildman–Crippen MR) is 94.9 cm³/mol. The lowest BCUT2D eigenvalue weighted by Gasteiger charge is -2.56. The predicted octanol–water partition coefficient (Wildman–Crippen LogP) is 3.88. The number of aromatic nitrogens is 2. The van der Waals surface area contributed by atoms with Gasteiger partial charge in [-0.2, -0.15) is 5.10 Å². The Morgan fingerprint density at radius 1 is 1.21 bits per heavy atom. The third-order valence-electron chi connectivity index (χ3n) is 6.67. The first-order chi connectivity index (χ1) is 11.4. The Bertz CT molecular complexity index is 616. The standard InChI is InChI=1S/C19H28ClN3O/c1-12-18(20)13(2)23(22-12)4-3-17(24)21-11-19-8-14-5-15(9-19)7-16(6-14)10-19/h14-16H,3-11H2,1-2H3,(H,21,24). The molecule has 5 rings (SSSR count). The molecule has 132 valence electrons. The SMILES string of the molecule is Cc1nn(CCC(=O)NCC23CC4CC(CC(C4)C2)C3)c(C)c1Cl. The molecule has 0 atom stereocenters. The van der Waals surface area contributed by atoms with Gasteiger partial charge < -0.3 is 5.32 Å². The Kier molecular flexibility index (Phi) is 4.14. The molecule has 1 aromatic rings. The molecular formula is C19H28ClN3O. The fourth-order valence-corrected chi connectivity index (χ4v) is 6.12. The highest BCUT2D eigenvalue weighted by atomic mass is 35.5. The van der Waals surface area contributed by atoms with Gasteiger partial charge in [0.1, 0.15) is 0 Å². The number of hydrogen-bond acceptors (Lipinski definition) is 2. The number of carbonyl (C=O) groups is 1. The summed E-state index contributed by atoms with van der Waals surface area (Å²) >= 11 is 6.17. The Labute approximate surface area is 149 Å². The van der Waals surface area contributed by atoms with E-state index in [0.717, 1.165) is 35.7 Å². The van der Waals surface area contributed by atoms with Gasteiger partial charge >= 0.3 is 0 Å². The van der Waals surface area contributed by atoms with E-state index in [-0.39, 0.29) is 5.91 Å². The first kappa shape index (κ1) is 16.4. The molecule has 1 N–H and O–H groups in total. The molecule has 4 aliphatic carbocycles. The number of amides is 1. The fourth-order valence-electron chi connectivity index (χ4n) is 5.98. The van der Waals surface area contributed by atoms with Crippen LogP contribution in [0.2, 0.25) is 5.02 Å². The monoisotopic (exact) mass is 349 g/mol. The summed E-state index contributed by atoms with van der Waals surface area (Å²) in [5.74, 6) is 2.95. The van der Waals surface area contributed by atoms with Crippen molar-refractivity contribution in [2.45, 2.75) is 65.3 Å². The molecule has 4 nitrogen and oxygen atoms in total. The van der Waals surface area contributed by atoms with Crippen molar-refractivity contribution in [3.05, 3.63) is 16.4 Å². The topological polar surface area (TPSA) is 46.9 Å². The van der Waals surface area contributed by atoms with Crippen LogP contribution < -0.4 is 5.32 Å². The van der Waals surface area contributed by atoms with Crippen LogP contribution in [0.4, 0.5) is 0 Å². The van der Waals surface area contributed by atoms with Gasteiger partial charge in [-0.25, -0.2) is 0 Å². The Morgan fingerprint density at radius 3 is 2.29 bits per heavy atom. The number of carbonyl (C=O) groups excluding carboxylic acids is 1. The quantitative estimate of drug-likeness (QED) is 0.877. The molecule has 0 radical (unpaired) electrons. The van der Waals surface area contributed by atoms with Crippen LogP contribution in [-0.2, 0) is 11.3 Å². The van der Waals surface area contributed by atoms with Crippen molar-refractivity contribution in [1.82, 2.24) is 15.1 Å². The maximum Gasteiger partial charge on any atom is 0.221 e. The van der Waals surface area contributed by atoms with Crippen LogP contribution in [0.5, 0.6) is 0 Å². The molecule has 24 heavy (non-hydrogen) atoms. The van der Waals surface area contributed by atoms with Crippen molar-refractivity contribution >= 4 is 17.5 Å². The van der Waals surface area contributed by atoms with Crippen LogP contribution in [0.1, 0.15) is 56.3 Å². The van der Waals surface area contributed by atoms with Crippen molar-refractivity contribution in [2.24, 2.45) is 23.2 Å². The summed E-state index contributed by atoms with van der Waals surface area (Å²) in [6, 6.07) is 0. The molecule has 1 amide bonds. The smallest absolute Gasteiger partial charge is 0.221 e. The summed E-state index contributed by atoms with van der Waals surface area (Å²) in [5, 5.41) is 8.35. The van der Waals surface area contributed by atoms with Crippen molar-refractivity contribution in [3.63, 3.8) is 0 Å². The molecule has 0 spiro atoms. The molecule has 1 aromatic heterocycles. The minimum atomic E-state index is 0.148. The highest BCUT2D eigenvalue weighted by molar-refractivity contribution is 6.31. The van der Waals surface area contributed by atoms with Crippen molar-refractivity contribution in [1.29, 1.82) is 0 Å². The van der Waals surface area contributed by atoms with Gasteiger partial charge in [0.2, 0.25) is 5.91 Å². The largest absolute Gasteiger partial charge is 0.355 e. The van der Waals surface area contributed by atoms with Gasteiger partial charge in [0, 0.05) is 13.0 Å². The maximum atomic E-state index is 12.3. The van der Waals surface area contributed by atoms with Gasteiger partial charge in [0.25, 0.3) is 0 Å². The van der Waals surface area contributed by atoms with Crippen LogP contribution in [0, 0.1) is 37.0 Å². The molecular weight excluding hydrogens is 322 g/mol. The lowest BCUT2D eigenvalue weighted by atomic mass is 9.49. The molecule has 4 saturated carbocycles. The molecule has 0 aromatic carbocycles. The van der Waals surface area contributed by atoms with Gasteiger partial charge in [0.15, 0.2) is 0 Å². The van der Waals surface area contributed by atoms with Gasteiger partial charge in [-0.3, -0.25) is 9.48 Å². The van der Waals surface area contributed by atoms with E-state index in [4.69, 9.17) is 11.6 Å². The second kappa shape index (κ2) is 6.05. The van der Waals surface area contributed by atoms with E-state index in [1.54, 1.807) is 0 Å². The molecule has 5 heteroatoms. The molecule has 4 aliphatic rings. The lowest BCUT2D eigenvalue weighted by molar-refractivity contribution is -0.123. The molecule has 0 saturated heterocycles. The summed E-state index contributed by atoms with van der Waals surface area (Å²) in [6.45, 7) is 5.34. The summed E-state index contributed by atoms with van der Waals surface area (Å²) in [7, 11) is 0. The van der Waals surface area contributed by atoms with E-state index >= 15 is 0 Å². The summed E-state index contributed by atoms with van der Waals surface area (Å²) in [5.41, 5.74) is 2.19. The van der Waals surface area contributed by atoms with E-state index in [2.05, 4.69) is 10.4 Å². The number of hydrogen-bond donors (Lipinski definition) is 1. The number of rotatable bonds is 5. The van der Waals surface area contributed by atoms with Crippen molar-refractivity contribution < 1.29 is 4.79 Å². The van der Waals surface area contributed by atoms with Crippen LogP contribution >= 0.6 is 11.6 Å². The summed E-state index contributed by atoms with van der Waals surface area (Å²) in [4.78, 5) is 12.3. The van der Waals surface area contributed by atoms with Crippen molar-refractivity contribution in [3.8, 4) is 0 Å². The second-order valence-corrected chi connectivity index (χ2v) is 9.03. The van der Waals surface area contributed by atoms with Crippen molar-refractivity contribution in [2.75, 3.05) is 6.54 Å². The van der Waals surface area contributed by atoms with Crippen LogP contribution in [0.25, 0.3) is 0 Å². The molecule has 4 fully saturated rings. The van der Waals surface area contributed by atoms with E-state index in [1.807, 2.05) is 18.5 Å². The van der Waals surface area contributed by atoms with E-state index in [9.17, 15) is 4.79 Å². The van der Waals surface area contributed by atoms with Gasteiger partial charge in [-0.05, 0) is 75.5 Å². The number of aryl methyl sites for hydroxylation is 2. The molecule has 0 unspecified atom stereocenters. The zero-order chi connectivity index (χ0) is 16.9. The molecule has 4 bridgehead atoms. The Hall–Kier alpha value is -1.03. The highest BCUT2D eigenvalue weighted by Crippen LogP contribution is 2.59. The van der Waals surface area contributed by atoms with Crippen LogP contribution in [0.3, 0.4) is 0 Å². The zero-order valence-corrected chi connectivity index (χ0v) is 15.5. The Morgan fingerprint density at radius 2 is 1.79 bits per heavy atom.